The van der Waals surface area contributed by atoms with Gasteiger partial charge < -0.3 is 10.1 Å². The summed E-state index contributed by atoms with van der Waals surface area (Å²) in [4.78, 5) is 11.4. The van der Waals surface area contributed by atoms with Crippen LogP contribution in [0.3, 0.4) is 0 Å². The Morgan fingerprint density at radius 1 is 1.67 bits per heavy atom. The molecule has 3 nitrogen and oxygen atoms in total. The molecule has 1 aliphatic heterocycles. The molecule has 0 aromatic heterocycles. The number of hydrogen-bond acceptors (Lipinski definition) is 2. The lowest BCUT2D eigenvalue weighted by Crippen LogP contribution is -2.40. The first kappa shape index (κ1) is 9.52. The summed E-state index contributed by atoms with van der Waals surface area (Å²) in [6, 6.07) is 0. The average molecular weight is 171 g/mol. The summed E-state index contributed by atoms with van der Waals surface area (Å²) in [6.45, 7) is 5.42. The van der Waals surface area contributed by atoms with Crippen molar-refractivity contribution < 1.29 is 9.53 Å². The topological polar surface area (TPSA) is 38.3 Å². The van der Waals surface area contributed by atoms with Crippen molar-refractivity contribution in [3.05, 3.63) is 0 Å². The summed E-state index contributed by atoms with van der Waals surface area (Å²) in [5, 5.41) is 2.83. The van der Waals surface area contributed by atoms with E-state index in [9.17, 15) is 4.79 Å². The predicted molar refractivity (Wildman–Crippen MR) is 46.8 cm³/mol. The highest BCUT2D eigenvalue weighted by atomic mass is 16.5. The summed E-state index contributed by atoms with van der Waals surface area (Å²) < 4.78 is 5.40. The van der Waals surface area contributed by atoms with Crippen LogP contribution in [0.15, 0.2) is 0 Å². The average Bonchev–Trinajstić information content (AvgIpc) is 2.05. The Bertz CT molecular complexity index is 159. The fraction of sp³-hybridized carbons (Fsp3) is 0.889. The van der Waals surface area contributed by atoms with Crippen LogP contribution in [0.4, 0.5) is 0 Å². The first-order valence-corrected chi connectivity index (χ1v) is 4.65. The van der Waals surface area contributed by atoms with E-state index in [1.54, 1.807) is 0 Å². The molecule has 2 atom stereocenters. The van der Waals surface area contributed by atoms with Crippen molar-refractivity contribution in [3.63, 3.8) is 0 Å². The predicted octanol–water partition coefficient (Wildman–Crippen LogP) is 0.938. The third-order valence-corrected chi connectivity index (χ3v) is 2.29. The molecule has 1 fully saturated rings. The third kappa shape index (κ3) is 2.21. The maximum absolute atomic E-state index is 11.4. The highest BCUT2D eigenvalue weighted by Gasteiger charge is 2.27. The van der Waals surface area contributed by atoms with E-state index in [0.29, 0.717) is 6.54 Å². The monoisotopic (exact) mass is 171 g/mol. The molecule has 0 aromatic rings. The smallest absolute Gasteiger partial charge is 0.225 e. The van der Waals surface area contributed by atoms with Crippen molar-refractivity contribution in [3.8, 4) is 0 Å². The zero-order chi connectivity index (χ0) is 8.97. The van der Waals surface area contributed by atoms with Crippen LogP contribution >= 0.6 is 0 Å². The van der Waals surface area contributed by atoms with Crippen LogP contribution < -0.4 is 5.32 Å². The van der Waals surface area contributed by atoms with Crippen molar-refractivity contribution in [2.24, 2.45) is 5.92 Å². The van der Waals surface area contributed by atoms with E-state index in [1.165, 1.54) is 0 Å². The molecule has 0 unspecified atom stereocenters. The maximum atomic E-state index is 11.4. The van der Waals surface area contributed by atoms with Gasteiger partial charge in [-0.3, -0.25) is 4.79 Å². The van der Waals surface area contributed by atoms with Crippen LogP contribution in [0.2, 0.25) is 0 Å². The zero-order valence-corrected chi connectivity index (χ0v) is 7.80. The summed E-state index contributed by atoms with van der Waals surface area (Å²) in [5.74, 6) is 0.211. The van der Waals surface area contributed by atoms with Gasteiger partial charge in [-0.15, -0.1) is 0 Å². The molecule has 3 heteroatoms. The van der Waals surface area contributed by atoms with Gasteiger partial charge in [0.05, 0.1) is 12.0 Å². The number of nitrogens with one attached hydrogen (secondary N) is 1. The number of carbonyl (C=O) groups is 1. The Hall–Kier alpha value is -0.570. The van der Waals surface area contributed by atoms with Gasteiger partial charge in [-0.05, 0) is 26.7 Å². The van der Waals surface area contributed by atoms with Crippen molar-refractivity contribution in [1.29, 1.82) is 0 Å². The summed E-state index contributed by atoms with van der Waals surface area (Å²) in [6.07, 6.45) is 2.06. The van der Waals surface area contributed by atoms with Gasteiger partial charge in [-0.2, -0.15) is 0 Å². The molecule has 1 amide bonds. The fourth-order valence-electron chi connectivity index (χ4n) is 1.57. The first-order valence-electron chi connectivity index (χ1n) is 4.65. The molecule has 1 aliphatic rings. The first-order chi connectivity index (χ1) is 5.75. The second-order valence-electron chi connectivity index (χ2n) is 3.22. The Morgan fingerprint density at radius 3 is 3.00 bits per heavy atom. The van der Waals surface area contributed by atoms with Gasteiger partial charge >= 0.3 is 0 Å². The second-order valence-corrected chi connectivity index (χ2v) is 3.22. The highest BCUT2D eigenvalue weighted by molar-refractivity contribution is 5.79. The molecule has 0 radical (unpaired) electrons. The molecule has 0 saturated carbocycles. The molecule has 1 saturated heterocycles. The Morgan fingerprint density at radius 2 is 2.42 bits per heavy atom. The number of hydrogen-bond donors (Lipinski definition) is 1. The van der Waals surface area contributed by atoms with Crippen LogP contribution in [0.25, 0.3) is 0 Å². The fourth-order valence-corrected chi connectivity index (χ4v) is 1.57. The minimum absolute atomic E-state index is 0.0682. The summed E-state index contributed by atoms with van der Waals surface area (Å²) in [7, 11) is 0. The molecule has 0 aromatic carbocycles. The molecule has 12 heavy (non-hydrogen) atoms. The lowest BCUT2D eigenvalue weighted by molar-refractivity contribution is -0.133. The maximum Gasteiger partial charge on any atom is 0.225 e. The van der Waals surface area contributed by atoms with Crippen molar-refractivity contribution in [1.82, 2.24) is 5.32 Å². The summed E-state index contributed by atoms with van der Waals surface area (Å²) >= 11 is 0. The molecule has 70 valence electrons. The van der Waals surface area contributed by atoms with E-state index in [-0.39, 0.29) is 17.9 Å². The van der Waals surface area contributed by atoms with E-state index in [1.807, 2.05) is 13.8 Å². The molecule has 1 N–H and O–H groups in total. The Labute approximate surface area is 73.5 Å². The van der Waals surface area contributed by atoms with E-state index >= 15 is 0 Å². The van der Waals surface area contributed by atoms with E-state index in [0.717, 1.165) is 19.4 Å². The van der Waals surface area contributed by atoms with Crippen LogP contribution in [0, 0.1) is 5.92 Å². The van der Waals surface area contributed by atoms with Gasteiger partial charge in [-0.1, -0.05) is 0 Å². The van der Waals surface area contributed by atoms with Crippen LogP contribution in [0.1, 0.15) is 26.7 Å². The normalized spacial score (nSPS) is 29.8. The molecular weight excluding hydrogens is 154 g/mol. The second kappa shape index (κ2) is 4.45. The number of amides is 1. The third-order valence-electron chi connectivity index (χ3n) is 2.29. The number of rotatable bonds is 2. The van der Waals surface area contributed by atoms with Gasteiger partial charge in [0, 0.05) is 13.2 Å². The molecule has 1 rings (SSSR count). The lowest BCUT2D eigenvalue weighted by Gasteiger charge is -2.27. The van der Waals surface area contributed by atoms with Crippen LogP contribution in [-0.4, -0.2) is 25.2 Å². The molecule has 0 spiro atoms. The molecule has 0 bridgehead atoms. The van der Waals surface area contributed by atoms with Crippen molar-refractivity contribution in [2.75, 3.05) is 13.2 Å². The molecule has 0 aliphatic carbocycles. The van der Waals surface area contributed by atoms with Gasteiger partial charge in [0.15, 0.2) is 0 Å². The van der Waals surface area contributed by atoms with E-state index in [4.69, 9.17) is 4.74 Å². The van der Waals surface area contributed by atoms with Gasteiger partial charge in [0.25, 0.3) is 0 Å². The van der Waals surface area contributed by atoms with E-state index in [2.05, 4.69) is 5.32 Å². The van der Waals surface area contributed by atoms with E-state index < -0.39 is 0 Å². The minimum atomic E-state index is 0.0682. The van der Waals surface area contributed by atoms with Gasteiger partial charge in [0.1, 0.15) is 0 Å². The lowest BCUT2D eigenvalue weighted by atomic mass is 9.94. The standard InChI is InChI=1S/C9H17NO2/c1-3-10-9(11)8-5-4-6-12-7(8)2/h7-8H,3-6H2,1-2H3,(H,10,11)/t7-,8-/m1/s1. The molecular formula is C9H17NO2. The SMILES string of the molecule is CCNC(=O)[C@@H]1CCCO[C@@H]1C. The van der Waals surface area contributed by atoms with Gasteiger partial charge in [-0.25, -0.2) is 0 Å². The summed E-state index contributed by atoms with van der Waals surface area (Å²) in [5.41, 5.74) is 0. The van der Waals surface area contributed by atoms with Crippen LogP contribution in [-0.2, 0) is 9.53 Å². The van der Waals surface area contributed by atoms with Crippen molar-refractivity contribution >= 4 is 5.91 Å². The van der Waals surface area contributed by atoms with Crippen molar-refractivity contribution in [2.45, 2.75) is 32.8 Å². The number of carbonyl (C=O) groups excluding carboxylic acids is 1. The zero-order valence-electron chi connectivity index (χ0n) is 7.80. The largest absolute Gasteiger partial charge is 0.378 e. The molecule has 1 heterocycles. The number of ether oxygens (including phenoxy) is 1. The van der Waals surface area contributed by atoms with Crippen LogP contribution in [0.5, 0.6) is 0 Å². The Kier molecular flexibility index (Phi) is 3.53. The Balaban J connectivity index is 2.42. The van der Waals surface area contributed by atoms with Gasteiger partial charge in [0.2, 0.25) is 5.91 Å². The minimum Gasteiger partial charge on any atom is -0.378 e. The quantitative estimate of drug-likeness (QED) is 0.671. The highest BCUT2D eigenvalue weighted by Crippen LogP contribution is 2.20.